The molecule has 2 rings (SSSR count). The normalized spacial score (nSPS) is 10.7. The third kappa shape index (κ3) is 4.61. The summed E-state index contributed by atoms with van der Waals surface area (Å²) in [6, 6.07) is 12.1. The topological polar surface area (TPSA) is 55.8 Å². The fourth-order valence-corrected chi connectivity index (χ4v) is 1.99. The summed E-state index contributed by atoms with van der Waals surface area (Å²) < 4.78 is 10.5. The van der Waals surface area contributed by atoms with Crippen LogP contribution in [0, 0.1) is 0 Å². The van der Waals surface area contributed by atoms with Crippen molar-refractivity contribution in [3.8, 4) is 17.2 Å². The van der Waals surface area contributed by atoms with Crippen molar-refractivity contribution in [1.29, 1.82) is 0 Å². The molecule has 4 heteroatoms. The fraction of sp³-hybridized carbons (Fsp3) is 0.211. The zero-order valence-electron chi connectivity index (χ0n) is 13.3. The first-order valence-electron chi connectivity index (χ1n) is 7.46. The molecule has 0 aliphatic heterocycles. The highest BCUT2D eigenvalue weighted by molar-refractivity contribution is 6.07. The van der Waals surface area contributed by atoms with Crippen LogP contribution in [-0.2, 0) is 0 Å². The molecule has 0 aliphatic rings. The average Bonchev–Trinajstić information content (AvgIpc) is 2.59. The lowest BCUT2D eigenvalue weighted by Crippen LogP contribution is -1.95. The minimum Gasteiger partial charge on any atom is -0.504 e. The minimum absolute atomic E-state index is 0.00991. The van der Waals surface area contributed by atoms with Crippen LogP contribution in [0.5, 0.6) is 17.2 Å². The fourth-order valence-electron chi connectivity index (χ4n) is 1.99. The molecule has 4 nitrogen and oxygen atoms in total. The maximum absolute atomic E-state index is 12.2. The van der Waals surface area contributed by atoms with E-state index in [2.05, 4.69) is 6.92 Å². The van der Waals surface area contributed by atoms with Gasteiger partial charge < -0.3 is 14.6 Å². The largest absolute Gasteiger partial charge is 0.504 e. The number of benzene rings is 2. The van der Waals surface area contributed by atoms with Crippen molar-refractivity contribution >= 4 is 11.9 Å². The van der Waals surface area contributed by atoms with E-state index in [4.69, 9.17) is 9.47 Å². The Bertz CT molecular complexity index is 687. The first kappa shape index (κ1) is 16.6. The van der Waals surface area contributed by atoms with Crippen molar-refractivity contribution < 1.29 is 19.4 Å². The lowest BCUT2D eigenvalue weighted by molar-refractivity contribution is 0.104. The number of methoxy groups -OCH3 is 1. The van der Waals surface area contributed by atoms with E-state index in [1.165, 1.54) is 25.3 Å². The highest BCUT2D eigenvalue weighted by Gasteiger charge is 2.07. The zero-order valence-corrected chi connectivity index (χ0v) is 13.3. The van der Waals surface area contributed by atoms with Gasteiger partial charge in [-0.15, -0.1) is 0 Å². The molecule has 0 saturated heterocycles. The molecule has 0 amide bonds. The van der Waals surface area contributed by atoms with Gasteiger partial charge in [-0.05, 0) is 48.4 Å². The number of allylic oxidation sites excluding steroid dienone is 1. The van der Waals surface area contributed by atoms with E-state index in [1.54, 1.807) is 12.1 Å². The number of hydrogen-bond acceptors (Lipinski definition) is 4. The second-order valence-electron chi connectivity index (χ2n) is 5.00. The molecule has 2 aromatic carbocycles. The quantitative estimate of drug-likeness (QED) is 0.618. The molecule has 0 atom stereocenters. The number of hydrogen-bond donors (Lipinski definition) is 1. The number of phenols is 1. The maximum Gasteiger partial charge on any atom is 0.185 e. The summed E-state index contributed by atoms with van der Waals surface area (Å²) in [6.07, 6.45) is 4.20. The van der Waals surface area contributed by atoms with Crippen LogP contribution >= 0.6 is 0 Å². The molecule has 0 aliphatic carbocycles. The first-order valence-corrected chi connectivity index (χ1v) is 7.46. The molecule has 0 heterocycles. The lowest BCUT2D eigenvalue weighted by Gasteiger charge is -2.05. The average molecular weight is 312 g/mol. The summed E-state index contributed by atoms with van der Waals surface area (Å²) in [4.78, 5) is 12.2. The van der Waals surface area contributed by atoms with Crippen molar-refractivity contribution in [3.63, 3.8) is 0 Å². The van der Waals surface area contributed by atoms with E-state index in [0.717, 1.165) is 17.7 Å². The van der Waals surface area contributed by atoms with E-state index in [-0.39, 0.29) is 17.3 Å². The van der Waals surface area contributed by atoms with Crippen molar-refractivity contribution in [1.82, 2.24) is 0 Å². The molecule has 23 heavy (non-hydrogen) atoms. The maximum atomic E-state index is 12.2. The SMILES string of the molecule is CCCOc1ccc(/C=C/C(=O)c2ccc(O)c(OC)c2)cc1. The minimum atomic E-state index is -0.158. The smallest absolute Gasteiger partial charge is 0.185 e. The molecule has 0 unspecified atom stereocenters. The van der Waals surface area contributed by atoms with Crippen molar-refractivity contribution in [2.24, 2.45) is 0 Å². The number of ketones is 1. The molecule has 2 aromatic rings. The van der Waals surface area contributed by atoms with Gasteiger partial charge in [-0.3, -0.25) is 4.79 Å². The molecule has 0 radical (unpaired) electrons. The second kappa shape index (κ2) is 8.03. The summed E-state index contributed by atoms with van der Waals surface area (Å²) >= 11 is 0. The standard InChI is InChI=1S/C19H20O4/c1-3-12-23-16-8-4-14(5-9-16)6-10-17(20)15-7-11-18(21)19(13-15)22-2/h4-11,13,21H,3,12H2,1-2H3/b10-6+. The summed E-state index contributed by atoms with van der Waals surface area (Å²) in [5, 5.41) is 9.55. The van der Waals surface area contributed by atoms with Crippen molar-refractivity contribution in [2.45, 2.75) is 13.3 Å². The van der Waals surface area contributed by atoms with Crippen LogP contribution in [0.15, 0.2) is 48.5 Å². The summed E-state index contributed by atoms with van der Waals surface area (Å²) in [7, 11) is 1.45. The number of rotatable bonds is 7. The van der Waals surface area contributed by atoms with Crippen LogP contribution in [0.1, 0.15) is 29.3 Å². The molecule has 0 fully saturated rings. The molecule has 120 valence electrons. The van der Waals surface area contributed by atoms with E-state index in [9.17, 15) is 9.90 Å². The van der Waals surface area contributed by atoms with Crippen LogP contribution < -0.4 is 9.47 Å². The molecule has 0 aromatic heterocycles. The van der Waals surface area contributed by atoms with Crippen molar-refractivity contribution in [2.75, 3.05) is 13.7 Å². The Morgan fingerprint density at radius 3 is 2.57 bits per heavy atom. The molecular weight excluding hydrogens is 292 g/mol. The van der Waals surface area contributed by atoms with E-state index < -0.39 is 0 Å². The van der Waals surface area contributed by atoms with E-state index in [0.29, 0.717) is 12.2 Å². The predicted octanol–water partition coefficient (Wildman–Crippen LogP) is 4.09. The third-order valence-electron chi connectivity index (χ3n) is 3.24. The Hall–Kier alpha value is -2.75. The van der Waals surface area contributed by atoms with Gasteiger partial charge in [0.05, 0.1) is 13.7 Å². The van der Waals surface area contributed by atoms with Gasteiger partial charge in [0.2, 0.25) is 0 Å². The van der Waals surface area contributed by atoms with Crippen LogP contribution in [0.25, 0.3) is 6.08 Å². The number of aromatic hydroxyl groups is 1. The molecule has 0 spiro atoms. The Morgan fingerprint density at radius 2 is 1.91 bits per heavy atom. The molecule has 0 saturated carbocycles. The van der Waals surface area contributed by atoms with Gasteiger partial charge in [0.15, 0.2) is 17.3 Å². The van der Waals surface area contributed by atoms with Gasteiger partial charge in [-0.25, -0.2) is 0 Å². The van der Waals surface area contributed by atoms with Gasteiger partial charge in [0.1, 0.15) is 5.75 Å². The molecule has 0 bridgehead atoms. The predicted molar refractivity (Wildman–Crippen MR) is 90.3 cm³/mol. The van der Waals surface area contributed by atoms with Crippen LogP contribution in [0.3, 0.4) is 0 Å². The van der Waals surface area contributed by atoms with Gasteiger partial charge in [0.25, 0.3) is 0 Å². The van der Waals surface area contributed by atoms with Gasteiger partial charge >= 0.3 is 0 Å². The molecule has 1 N–H and O–H groups in total. The Kier molecular flexibility index (Phi) is 5.80. The lowest BCUT2D eigenvalue weighted by atomic mass is 10.1. The van der Waals surface area contributed by atoms with E-state index in [1.807, 2.05) is 24.3 Å². The monoisotopic (exact) mass is 312 g/mol. The highest BCUT2D eigenvalue weighted by atomic mass is 16.5. The van der Waals surface area contributed by atoms with Crippen LogP contribution in [-0.4, -0.2) is 24.6 Å². The van der Waals surface area contributed by atoms with Gasteiger partial charge in [-0.2, -0.15) is 0 Å². The Labute approximate surface area is 136 Å². The summed E-state index contributed by atoms with van der Waals surface area (Å²) in [5.74, 6) is 0.950. The first-order chi connectivity index (χ1) is 11.1. The summed E-state index contributed by atoms with van der Waals surface area (Å²) in [5.41, 5.74) is 1.37. The number of carbonyl (C=O) groups excluding carboxylic acids is 1. The zero-order chi connectivity index (χ0) is 16.7. The number of ether oxygens (including phenoxy) is 2. The van der Waals surface area contributed by atoms with Crippen molar-refractivity contribution in [3.05, 3.63) is 59.7 Å². The van der Waals surface area contributed by atoms with Gasteiger partial charge in [-0.1, -0.05) is 25.1 Å². The Balaban J connectivity index is 2.05. The van der Waals surface area contributed by atoms with Gasteiger partial charge in [0, 0.05) is 5.56 Å². The third-order valence-corrected chi connectivity index (χ3v) is 3.24. The van der Waals surface area contributed by atoms with Crippen LogP contribution in [0.2, 0.25) is 0 Å². The second-order valence-corrected chi connectivity index (χ2v) is 5.00. The number of phenolic OH excluding ortho intramolecular Hbond substituents is 1. The number of carbonyl (C=O) groups is 1. The highest BCUT2D eigenvalue weighted by Crippen LogP contribution is 2.26. The molecular formula is C19H20O4. The van der Waals surface area contributed by atoms with E-state index >= 15 is 0 Å². The van der Waals surface area contributed by atoms with Crippen LogP contribution in [0.4, 0.5) is 0 Å². The summed E-state index contributed by atoms with van der Waals surface area (Å²) in [6.45, 7) is 2.75. The Morgan fingerprint density at radius 1 is 1.17 bits per heavy atom.